The summed E-state index contributed by atoms with van der Waals surface area (Å²) in [4.78, 5) is 36.5. The van der Waals surface area contributed by atoms with E-state index < -0.39 is 30.1 Å². The molecular weight excluding hydrogens is 432 g/mol. The van der Waals surface area contributed by atoms with E-state index in [1.165, 1.54) is 0 Å². The summed E-state index contributed by atoms with van der Waals surface area (Å²) in [5.41, 5.74) is 0.930. The Bertz CT molecular complexity index is 1230. The summed E-state index contributed by atoms with van der Waals surface area (Å²) in [5.74, 6) is -3.45. The van der Waals surface area contributed by atoms with Crippen LogP contribution in [-0.4, -0.2) is 35.4 Å². The summed E-state index contributed by atoms with van der Waals surface area (Å²) in [6.07, 6.45) is 2.12. The van der Waals surface area contributed by atoms with Crippen LogP contribution >= 0.6 is 0 Å². The molecule has 9 heteroatoms. The Morgan fingerprint density at radius 1 is 1.09 bits per heavy atom. The van der Waals surface area contributed by atoms with Crippen molar-refractivity contribution in [3.05, 3.63) is 71.4 Å². The number of para-hydroxylation sites is 1. The molecule has 7 nitrogen and oxygen atoms in total. The molecule has 3 rings (SSSR count). The molecule has 1 heterocycles. The molecule has 3 aromatic rings. The highest BCUT2D eigenvalue weighted by Crippen LogP contribution is 2.22. The number of rotatable bonds is 10. The number of esters is 1. The molecular formula is C24H21F2N3O4. The summed E-state index contributed by atoms with van der Waals surface area (Å²) >= 11 is 0. The van der Waals surface area contributed by atoms with Crippen molar-refractivity contribution in [2.75, 3.05) is 13.2 Å². The largest absolute Gasteiger partial charge is 0.457 e. The van der Waals surface area contributed by atoms with Gasteiger partial charge in [-0.25, -0.2) is 8.78 Å². The Kier molecular flexibility index (Phi) is 7.86. The van der Waals surface area contributed by atoms with Crippen LogP contribution in [0, 0.1) is 23.0 Å². The number of carbonyl (C=O) groups excluding carboxylic acids is 3. The fourth-order valence-electron chi connectivity index (χ4n) is 3.32. The van der Waals surface area contributed by atoms with Crippen molar-refractivity contribution in [1.29, 1.82) is 5.26 Å². The number of amides is 1. The third-order valence-corrected chi connectivity index (χ3v) is 4.94. The molecule has 1 N–H and O–H groups in total. The Hall–Kier alpha value is -4.06. The lowest BCUT2D eigenvalue weighted by Crippen LogP contribution is -2.26. The minimum Gasteiger partial charge on any atom is -0.457 e. The van der Waals surface area contributed by atoms with Gasteiger partial charge in [-0.15, -0.1) is 0 Å². The Morgan fingerprint density at radius 2 is 1.88 bits per heavy atom. The van der Waals surface area contributed by atoms with Crippen molar-refractivity contribution < 1.29 is 27.9 Å². The zero-order valence-electron chi connectivity index (χ0n) is 17.6. The summed E-state index contributed by atoms with van der Waals surface area (Å²) in [7, 11) is 0. The molecule has 0 aliphatic carbocycles. The number of carbonyl (C=O) groups is 3. The number of aryl methyl sites for hydroxylation is 1. The van der Waals surface area contributed by atoms with E-state index in [-0.39, 0.29) is 30.7 Å². The van der Waals surface area contributed by atoms with Gasteiger partial charge < -0.3 is 14.6 Å². The molecule has 0 unspecified atom stereocenters. The third-order valence-electron chi connectivity index (χ3n) is 4.94. The summed E-state index contributed by atoms with van der Waals surface area (Å²) in [6.45, 7) is 0.0843. The molecule has 0 radical (unpaired) electrons. The van der Waals surface area contributed by atoms with Crippen LogP contribution in [0.25, 0.3) is 10.9 Å². The molecule has 0 saturated carbocycles. The fraction of sp³-hybridized carbons (Fsp3) is 0.250. The number of nitrogens with one attached hydrogen (secondary N) is 1. The quantitative estimate of drug-likeness (QED) is 0.286. The van der Waals surface area contributed by atoms with Gasteiger partial charge in [0.1, 0.15) is 11.6 Å². The molecule has 0 aliphatic rings. The van der Waals surface area contributed by atoms with Gasteiger partial charge in [0.15, 0.2) is 6.61 Å². The van der Waals surface area contributed by atoms with Crippen molar-refractivity contribution in [2.24, 2.45) is 0 Å². The van der Waals surface area contributed by atoms with Crippen LogP contribution in [0.15, 0.2) is 48.7 Å². The van der Waals surface area contributed by atoms with Crippen LogP contribution in [0.4, 0.5) is 8.78 Å². The number of Topliss-reactive ketones (excluding diaryl/α,β-unsaturated/α-hetero) is 1. The Balaban J connectivity index is 1.47. The van der Waals surface area contributed by atoms with Crippen LogP contribution < -0.4 is 5.32 Å². The topological polar surface area (TPSA) is 101 Å². The maximum atomic E-state index is 13.6. The van der Waals surface area contributed by atoms with Crippen LogP contribution in [0.2, 0.25) is 0 Å². The monoisotopic (exact) mass is 453 g/mol. The highest BCUT2D eigenvalue weighted by atomic mass is 19.1. The van der Waals surface area contributed by atoms with Crippen molar-refractivity contribution in [3.8, 4) is 6.07 Å². The SMILES string of the molecule is N#CCCn1cc(C(=O)COC(=O)CCCNC(=O)c2ccc(F)cc2F)c2ccccc21. The number of ketones is 1. The van der Waals surface area contributed by atoms with Crippen molar-refractivity contribution >= 4 is 28.6 Å². The van der Waals surface area contributed by atoms with E-state index in [9.17, 15) is 23.2 Å². The van der Waals surface area contributed by atoms with E-state index in [2.05, 4.69) is 11.4 Å². The first-order valence-electron chi connectivity index (χ1n) is 10.3. The van der Waals surface area contributed by atoms with Crippen LogP contribution in [-0.2, 0) is 16.1 Å². The lowest BCUT2D eigenvalue weighted by Gasteiger charge is -2.07. The highest BCUT2D eigenvalue weighted by molar-refractivity contribution is 6.09. The van der Waals surface area contributed by atoms with Crippen molar-refractivity contribution in [3.63, 3.8) is 0 Å². The first-order valence-corrected chi connectivity index (χ1v) is 10.3. The molecule has 1 aromatic heterocycles. The van der Waals surface area contributed by atoms with E-state index in [0.29, 0.717) is 30.0 Å². The number of halogens is 2. The maximum absolute atomic E-state index is 13.6. The minimum absolute atomic E-state index is 0.0522. The van der Waals surface area contributed by atoms with Gasteiger partial charge in [-0.05, 0) is 24.6 Å². The van der Waals surface area contributed by atoms with Crippen molar-refractivity contribution in [1.82, 2.24) is 9.88 Å². The second-order valence-corrected chi connectivity index (χ2v) is 7.23. The molecule has 170 valence electrons. The number of benzene rings is 2. The van der Waals surface area contributed by atoms with E-state index in [4.69, 9.17) is 10.00 Å². The summed E-state index contributed by atoms with van der Waals surface area (Å²) in [6, 6.07) is 12.0. The standard InChI is InChI=1S/C24H21F2N3O4/c25-16-8-9-18(20(26)13-16)24(32)28-11-3-7-23(31)33-15-22(30)19-14-29(12-4-10-27)21-6-2-1-5-17(19)21/h1-2,5-6,8-9,13-14H,3-4,7,11-12,15H2,(H,28,32). The van der Waals surface area contributed by atoms with Crippen LogP contribution in [0.5, 0.6) is 0 Å². The number of hydrogen-bond donors (Lipinski definition) is 1. The van der Waals surface area contributed by atoms with Gasteiger partial charge in [-0.3, -0.25) is 14.4 Å². The third kappa shape index (κ3) is 6.01. The van der Waals surface area contributed by atoms with E-state index in [1.54, 1.807) is 18.3 Å². The number of ether oxygens (including phenoxy) is 1. The molecule has 2 aromatic carbocycles. The van der Waals surface area contributed by atoms with E-state index >= 15 is 0 Å². The second-order valence-electron chi connectivity index (χ2n) is 7.23. The maximum Gasteiger partial charge on any atom is 0.306 e. The van der Waals surface area contributed by atoms with E-state index in [0.717, 1.165) is 17.6 Å². The molecule has 0 saturated heterocycles. The zero-order chi connectivity index (χ0) is 23.8. The highest BCUT2D eigenvalue weighted by Gasteiger charge is 2.17. The van der Waals surface area contributed by atoms with Crippen LogP contribution in [0.3, 0.4) is 0 Å². The van der Waals surface area contributed by atoms with E-state index in [1.807, 2.05) is 16.7 Å². The smallest absolute Gasteiger partial charge is 0.306 e. The lowest BCUT2D eigenvalue weighted by molar-refractivity contribution is -0.142. The van der Waals surface area contributed by atoms with Gasteiger partial charge in [-0.2, -0.15) is 5.26 Å². The number of nitrogens with zero attached hydrogens (tertiary/aromatic N) is 2. The molecule has 0 atom stereocenters. The molecule has 1 amide bonds. The predicted molar refractivity (Wildman–Crippen MR) is 115 cm³/mol. The minimum atomic E-state index is -0.973. The average molecular weight is 453 g/mol. The first kappa shape index (κ1) is 23.6. The van der Waals surface area contributed by atoms with Gasteiger partial charge in [0.25, 0.3) is 5.91 Å². The average Bonchev–Trinajstić information content (AvgIpc) is 3.17. The number of fused-ring (bicyclic) bond motifs is 1. The van der Waals surface area contributed by atoms with Gasteiger partial charge in [0.2, 0.25) is 5.78 Å². The number of hydrogen-bond acceptors (Lipinski definition) is 5. The van der Waals surface area contributed by atoms with Gasteiger partial charge in [-0.1, -0.05) is 18.2 Å². The van der Waals surface area contributed by atoms with Crippen LogP contribution in [0.1, 0.15) is 40.0 Å². The van der Waals surface area contributed by atoms with Crippen molar-refractivity contribution in [2.45, 2.75) is 25.8 Å². The van der Waals surface area contributed by atoms with Gasteiger partial charge >= 0.3 is 5.97 Å². The molecule has 0 fully saturated rings. The predicted octanol–water partition coefficient (Wildman–Crippen LogP) is 3.77. The first-order chi connectivity index (χ1) is 15.9. The molecule has 0 spiro atoms. The normalized spacial score (nSPS) is 10.6. The summed E-state index contributed by atoms with van der Waals surface area (Å²) in [5, 5.41) is 12.0. The molecule has 33 heavy (non-hydrogen) atoms. The molecule has 0 aliphatic heterocycles. The zero-order valence-corrected chi connectivity index (χ0v) is 17.6. The Morgan fingerprint density at radius 3 is 2.64 bits per heavy atom. The number of nitriles is 1. The van der Waals surface area contributed by atoms with Gasteiger partial charge in [0.05, 0.1) is 18.1 Å². The van der Waals surface area contributed by atoms with Gasteiger partial charge in [0, 0.05) is 48.2 Å². The summed E-state index contributed by atoms with van der Waals surface area (Å²) < 4.78 is 33.4. The number of aromatic nitrogens is 1. The molecule has 0 bridgehead atoms. The Labute approximate surface area is 188 Å². The lowest BCUT2D eigenvalue weighted by atomic mass is 10.1. The second kappa shape index (κ2) is 11.0. The fourth-order valence-corrected chi connectivity index (χ4v) is 3.32.